The first-order valence-corrected chi connectivity index (χ1v) is 5.65. The van der Waals surface area contributed by atoms with Gasteiger partial charge in [0.1, 0.15) is 18.1 Å². The van der Waals surface area contributed by atoms with Crippen molar-refractivity contribution in [1.29, 1.82) is 0 Å². The fourth-order valence-corrected chi connectivity index (χ4v) is 1.60. The number of nitrogens with zero attached hydrogens (tertiary/aromatic N) is 2. The van der Waals surface area contributed by atoms with E-state index in [1.807, 2.05) is 18.4 Å². The molecule has 1 N–H and O–H groups in total. The molecule has 2 rings (SSSR count). The number of hydrogen-bond donors (Lipinski definition) is 1. The number of ether oxygens (including phenoxy) is 1. The van der Waals surface area contributed by atoms with Crippen LogP contribution in [0.5, 0.6) is 0 Å². The van der Waals surface area contributed by atoms with Gasteiger partial charge in [-0.3, -0.25) is 4.79 Å². The lowest BCUT2D eigenvalue weighted by Gasteiger charge is -2.13. The smallest absolute Gasteiger partial charge is 0.271 e. The minimum atomic E-state index is -0.101. The number of nitrogens with one attached hydrogen (secondary N) is 1. The van der Waals surface area contributed by atoms with Crippen molar-refractivity contribution < 1.29 is 9.53 Å². The normalized spacial score (nSPS) is 16.6. The number of aromatic nitrogens is 2. The molecule has 1 aliphatic rings. The van der Waals surface area contributed by atoms with Gasteiger partial charge in [-0.25, -0.2) is 4.98 Å². The van der Waals surface area contributed by atoms with Crippen molar-refractivity contribution in [1.82, 2.24) is 14.9 Å². The Labute approximate surface area is 94.8 Å². The van der Waals surface area contributed by atoms with Gasteiger partial charge in [0.2, 0.25) is 0 Å². The van der Waals surface area contributed by atoms with Crippen LogP contribution in [0, 0.1) is 0 Å². The molecule has 0 fully saturated rings. The van der Waals surface area contributed by atoms with Crippen LogP contribution in [0.3, 0.4) is 0 Å². The van der Waals surface area contributed by atoms with E-state index in [4.69, 9.17) is 4.74 Å². The van der Waals surface area contributed by atoms with Crippen molar-refractivity contribution in [3.63, 3.8) is 0 Å². The summed E-state index contributed by atoms with van der Waals surface area (Å²) in [6.45, 7) is 5.99. The maximum atomic E-state index is 11.8. The third-order valence-electron chi connectivity index (χ3n) is 2.79. The first-order chi connectivity index (χ1) is 7.70. The Morgan fingerprint density at radius 2 is 2.56 bits per heavy atom. The maximum absolute atomic E-state index is 11.8. The molecule has 0 radical (unpaired) electrons. The predicted octanol–water partition coefficient (Wildman–Crippen LogP) is 0.942. The number of imidazole rings is 1. The molecule has 0 saturated carbocycles. The van der Waals surface area contributed by atoms with E-state index in [0.29, 0.717) is 18.9 Å². The zero-order valence-corrected chi connectivity index (χ0v) is 9.69. The van der Waals surface area contributed by atoms with Gasteiger partial charge in [-0.15, -0.1) is 0 Å². The third-order valence-corrected chi connectivity index (χ3v) is 2.79. The van der Waals surface area contributed by atoms with Gasteiger partial charge in [-0.05, 0) is 13.3 Å². The highest BCUT2D eigenvalue weighted by molar-refractivity contribution is 5.92. The van der Waals surface area contributed by atoms with E-state index in [1.54, 1.807) is 6.20 Å². The van der Waals surface area contributed by atoms with Crippen LogP contribution in [0.1, 0.15) is 36.6 Å². The molecule has 0 aliphatic carbocycles. The van der Waals surface area contributed by atoms with Crippen molar-refractivity contribution >= 4 is 5.91 Å². The highest BCUT2D eigenvalue weighted by atomic mass is 16.5. The van der Waals surface area contributed by atoms with Crippen molar-refractivity contribution in [2.75, 3.05) is 6.61 Å². The Morgan fingerprint density at radius 1 is 1.75 bits per heavy atom. The minimum Gasteiger partial charge on any atom is -0.372 e. The summed E-state index contributed by atoms with van der Waals surface area (Å²) in [5, 5.41) is 2.90. The maximum Gasteiger partial charge on any atom is 0.271 e. The number of carbonyl (C=O) groups is 1. The summed E-state index contributed by atoms with van der Waals surface area (Å²) >= 11 is 0. The Balaban J connectivity index is 2.09. The van der Waals surface area contributed by atoms with Gasteiger partial charge < -0.3 is 14.6 Å². The second kappa shape index (κ2) is 4.65. The zero-order valence-electron chi connectivity index (χ0n) is 9.69. The largest absolute Gasteiger partial charge is 0.372 e. The average molecular weight is 223 g/mol. The molecule has 0 aromatic carbocycles. The minimum absolute atomic E-state index is 0.101. The van der Waals surface area contributed by atoms with Gasteiger partial charge in [0.25, 0.3) is 5.91 Å². The van der Waals surface area contributed by atoms with Crippen LogP contribution in [-0.2, 0) is 17.9 Å². The van der Waals surface area contributed by atoms with E-state index in [9.17, 15) is 4.79 Å². The topological polar surface area (TPSA) is 56.2 Å². The Bertz CT molecular complexity index is 363. The summed E-state index contributed by atoms with van der Waals surface area (Å²) < 4.78 is 7.26. The lowest BCUT2D eigenvalue weighted by atomic mass is 10.2. The van der Waals surface area contributed by atoms with Crippen molar-refractivity contribution in [3.05, 3.63) is 17.7 Å². The number of fused-ring (bicyclic) bond motifs is 1. The molecular weight excluding hydrogens is 206 g/mol. The summed E-state index contributed by atoms with van der Waals surface area (Å²) in [5.74, 6) is 0.733. The molecule has 5 heteroatoms. The Kier molecular flexibility index (Phi) is 3.24. The van der Waals surface area contributed by atoms with E-state index in [-0.39, 0.29) is 11.9 Å². The van der Waals surface area contributed by atoms with Crippen LogP contribution in [0.15, 0.2) is 6.20 Å². The molecule has 0 bridgehead atoms. The van der Waals surface area contributed by atoms with Crippen LogP contribution >= 0.6 is 0 Å². The van der Waals surface area contributed by atoms with Crippen LogP contribution < -0.4 is 5.32 Å². The molecular formula is C11H17N3O2. The van der Waals surface area contributed by atoms with E-state index in [0.717, 1.165) is 18.8 Å². The van der Waals surface area contributed by atoms with Crippen molar-refractivity contribution in [2.45, 2.75) is 39.5 Å². The fourth-order valence-electron chi connectivity index (χ4n) is 1.60. The van der Waals surface area contributed by atoms with Crippen molar-refractivity contribution in [3.8, 4) is 0 Å². The summed E-state index contributed by atoms with van der Waals surface area (Å²) in [7, 11) is 0. The molecule has 1 amide bonds. The lowest BCUT2D eigenvalue weighted by molar-refractivity contribution is 0.0815. The second-order valence-electron chi connectivity index (χ2n) is 4.07. The molecule has 1 atom stereocenters. The molecule has 16 heavy (non-hydrogen) atoms. The number of hydrogen-bond acceptors (Lipinski definition) is 3. The highest BCUT2D eigenvalue weighted by Gasteiger charge is 2.17. The average Bonchev–Trinajstić information content (AvgIpc) is 2.72. The van der Waals surface area contributed by atoms with E-state index in [2.05, 4.69) is 10.3 Å². The standard InChI is InChI=1S/C11H17N3O2/c1-3-8(2)12-11(15)9-6-14-4-5-16-7-10(14)13-9/h6,8H,3-5,7H2,1-2H3,(H,12,15)/t8-/m0/s1. The van der Waals surface area contributed by atoms with Gasteiger partial charge in [-0.2, -0.15) is 0 Å². The molecule has 2 heterocycles. The molecule has 0 saturated heterocycles. The zero-order chi connectivity index (χ0) is 11.5. The summed E-state index contributed by atoms with van der Waals surface area (Å²) in [4.78, 5) is 16.1. The second-order valence-corrected chi connectivity index (χ2v) is 4.07. The van der Waals surface area contributed by atoms with E-state index in [1.165, 1.54) is 0 Å². The van der Waals surface area contributed by atoms with Crippen LogP contribution in [-0.4, -0.2) is 28.1 Å². The number of amides is 1. The Morgan fingerprint density at radius 3 is 3.25 bits per heavy atom. The van der Waals surface area contributed by atoms with E-state index < -0.39 is 0 Å². The van der Waals surface area contributed by atoms with Gasteiger partial charge in [-0.1, -0.05) is 6.92 Å². The van der Waals surface area contributed by atoms with Gasteiger partial charge in [0.15, 0.2) is 0 Å². The molecule has 5 nitrogen and oxygen atoms in total. The number of carbonyl (C=O) groups excluding carboxylic acids is 1. The SMILES string of the molecule is CC[C@H](C)NC(=O)c1cn2c(n1)COCC2. The summed E-state index contributed by atoms with van der Waals surface area (Å²) in [5.41, 5.74) is 0.487. The molecule has 1 aromatic rings. The monoisotopic (exact) mass is 223 g/mol. The lowest BCUT2D eigenvalue weighted by Crippen LogP contribution is -2.32. The first kappa shape index (κ1) is 11.1. The van der Waals surface area contributed by atoms with Gasteiger partial charge in [0, 0.05) is 18.8 Å². The predicted molar refractivity (Wildman–Crippen MR) is 59.1 cm³/mol. The first-order valence-electron chi connectivity index (χ1n) is 5.65. The fraction of sp³-hybridized carbons (Fsp3) is 0.636. The van der Waals surface area contributed by atoms with Gasteiger partial charge >= 0.3 is 0 Å². The Hall–Kier alpha value is -1.36. The number of rotatable bonds is 3. The van der Waals surface area contributed by atoms with Gasteiger partial charge in [0.05, 0.1) is 6.61 Å². The molecule has 1 aromatic heterocycles. The molecule has 0 unspecified atom stereocenters. The quantitative estimate of drug-likeness (QED) is 0.829. The highest BCUT2D eigenvalue weighted by Crippen LogP contribution is 2.10. The van der Waals surface area contributed by atoms with Crippen LogP contribution in [0.25, 0.3) is 0 Å². The summed E-state index contributed by atoms with van der Waals surface area (Å²) in [6.07, 6.45) is 2.72. The van der Waals surface area contributed by atoms with Crippen molar-refractivity contribution in [2.24, 2.45) is 0 Å². The summed E-state index contributed by atoms with van der Waals surface area (Å²) in [6, 6.07) is 0.183. The van der Waals surface area contributed by atoms with E-state index >= 15 is 0 Å². The molecule has 88 valence electrons. The van der Waals surface area contributed by atoms with Crippen LogP contribution in [0.2, 0.25) is 0 Å². The molecule has 0 spiro atoms. The third kappa shape index (κ3) is 2.24. The van der Waals surface area contributed by atoms with Crippen LogP contribution in [0.4, 0.5) is 0 Å². The molecule has 1 aliphatic heterocycles.